The van der Waals surface area contributed by atoms with Crippen LogP contribution in [0.15, 0.2) is 36.8 Å². The Balaban J connectivity index is 1.85. The molecule has 0 amide bonds. The smallest absolute Gasteiger partial charge is 0.158 e. The molecular formula is C21H21ClF2N2O. The van der Waals surface area contributed by atoms with Crippen molar-refractivity contribution >= 4 is 22.5 Å². The van der Waals surface area contributed by atoms with Crippen LogP contribution in [0.1, 0.15) is 39.0 Å². The van der Waals surface area contributed by atoms with Gasteiger partial charge in [0.25, 0.3) is 0 Å². The number of hydrogen-bond donors (Lipinski definition) is 0. The van der Waals surface area contributed by atoms with Crippen molar-refractivity contribution in [1.82, 2.24) is 9.97 Å². The van der Waals surface area contributed by atoms with Crippen molar-refractivity contribution in [2.75, 3.05) is 6.61 Å². The van der Waals surface area contributed by atoms with E-state index in [4.69, 9.17) is 16.3 Å². The summed E-state index contributed by atoms with van der Waals surface area (Å²) < 4.78 is 35.1. The van der Waals surface area contributed by atoms with Crippen molar-refractivity contribution in [3.05, 3.63) is 53.4 Å². The number of ether oxygens (including phenoxy) is 1. The molecule has 1 aromatic heterocycles. The van der Waals surface area contributed by atoms with E-state index < -0.39 is 11.6 Å². The Morgan fingerprint density at radius 1 is 1.07 bits per heavy atom. The first-order chi connectivity index (χ1) is 13.1. The van der Waals surface area contributed by atoms with Crippen LogP contribution in [0.4, 0.5) is 8.78 Å². The molecule has 0 aliphatic rings. The lowest BCUT2D eigenvalue weighted by molar-refractivity contribution is 0.304. The van der Waals surface area contributed by atoms with E-state index in [1.165, 1.54) is 50.0 Å². The maximum absolute atomic E-state index is 15.0. The summed E-state index contributed by atoms with van der Waals surface area (Å²) in [6.07, 6.45) is 8.30. The van der Waals surface area contributed by atoms with Gasteiger partial charge in [-0.3, -0.25) is 0 Å². The minimum atomic E-state index is -0.671. The van der Waals surface area contributed by atoms with Gasteiger partial charge in [-0.25, -0.2) is 18.7 Å². The molecule has 0 saturated carbocycles. The number of halogens is 3. The molecule has 0 aliphatic carbocycles. The van der Waals surface area contributed by atoms with E-state index in [-0.39, 0.29) is 21.7 Å². The molecule has 2 aromatic carbocycles. The van der Waals surface area contributed by atoms with E-state index >= 15 is 0 Å². The first kappa shape index (κ1) is 19.5. The van der Waals surface area contributed by atoms with Gasteiger partial charge in [-0.1, -0.05) is 44.2 Å². The molecule has 0 aliphatic heterocycles. The van der Waals surface area contributed by atoms with Crippen molar-refractivity contribution in [3.63, 3.8) is 0 Å². The Labute approximate surface area is 162 Å². The highest BCUT2D eigenvalue weighted by Gasteiger charge is 2.19. The average molecular weight is 391 g/mol. The molecule has 0 fully saturated rings. The zero-order valence-electron chi connectivity index (χ0n) is 15.1. The van der Waals surface area contributed by atoms with Crippen LogP contribution in [-0.2, 0) is 0 Å². The van der Waals surface area contributed by atoms with E-state index in [9.17, 15) is 8.78 Å². The number of benzene rings is 2. The summed E-state index contributed by atoms with van der Waals surface area (Å²) in [4.78, 5) is 7.81. The third-order valence-electron chi connectivity index (χ3n) is 4.41. The molecule has 0 radical (unpaired) electrons. The topological polar surface area (TPSA) is 35.0 Å². The van der Waals surface area contributed by atoms with Crippen LogP contribution >= 0.6 is 11.6 Å². The predicted molar refractivity (Wildman–Crippen MR) is 104 cm³/mol. The van der Waals surface area contributed by atoms with Gasteiger partial charge < -0.3 is 4.74 Å². The van der Waals surface area contributed by atoms with Gasteiger partial charge >= 0.3 is 0 Å². The first-order valence-electron chi connectivity index (χ1n) is 9.12. The summed E-state index contributed by atoms with van der Waals surface area (Å²) in [5.74, 6) is -0.754. The van der Waals surface area contributed by atoms with Crippen LogP contribution < -0.4 is 4.74 Å². The lowest BCUT2D eigenvalue weighted by Gasteiger charge is -2.12. The number of fused-ring (bicyclic) bond motifs is 1. The highest BCUT2D eigenvalue weighted by atomic mass is 35.5. The lowest BCUT2D eigenvalue weighted by atomic mass is 10.0. The fraction of sp³-hybridized carbons (Fsp3) is 0.333. The van der Waals surface area contributed by atoms with Gasteiger partial charge in [-0.15, -0.1) is 0 Å². The van der Waals surface area contributed by atoms with Crippen LogP contribution in [0.5, 0.6) is 5.75 Å². The zero-order chi connectivity index (χ0) is 19.2. The zero-order valence-corrected chi connectivity index (χ0v) is 15.9. The normalized spacial score (nSPS) is 11.1. The highest BCUT2D eigenvalue weighted by molar-refractivity contribution is 6.34. The quantitative estimate of drug-likeness (QED) is 0.407. The Kier molecular flexibility index (Phi) is 6.56. The molecule has 3 aromatic rings. The Morgan fingerprint density at radius 2 is 1.89 bits per heavy atom. The molecule has 3 rings (SSSR count). The summed E-state index contributed by atoms with van der Waals surface area (Å²) in [5, 5.41) is 0.564. The molecule has 3 nitrogen and oxygen atoms in total. The minimum Gasteiger partial charge on any atom is -0.494 e. The number of aromatic nitrogens is 2. The molecule has 6 heteroatoms. The number of rotatable bonds is 8. The van der Waals surface area contributed by atoms with E-state index in [0.29, 0.717) is 17.7 Å². The van der Waals surface area contributed by atoms with Crippen LogP contribution in [0.3, 0.4) is 0 Å². The molecule has 27 heavy (non-hydrogen) atoms. The number of hydrogen-bond acceptors (Lipinski definition) is 3. The van der Waals surface area contributed by atoms with Crippen LogP contribution in [0.2, 0.25) is 5.02 Å². The third kappa shape index (κ3) is 4.53. The Morgan fingerprint density at radius 3 is 2.70 bits per heavy atom. The molecule has 0 atom stereocenters. The van der Waals surface area contributed by atoms with E-state index in [1.807, 2.05) is 0 Å². The fourth-order valence-electron chi connectivity index (χ4n) is 2.99. The summed E-state index contributed by atoms with van der Waals surface area (Å²) in [5.41, 5.74) is 0.140. The van der Waals surface area contributed by atoms with Crippen molar-refractivity contribution in [3.8, 4) is 16.9 Å². The van der Waals surface area contributed by atoms with E-state index in [0.717, 1.165) is 12.8 Å². The predicted octanol–water partition coefficient (Wildman–Crippen LogP) is 6.58. The van der Waals surface area contributed by atoms with Gasteiger partial charge in [-0.2, -0.15) is 0 Å². The van der Waals surface area contributed by atoms with Crippen molar-refractivity contribution in [2.45, 2.75) is 39.0 Å². The summed E-state index contributed by atoms with van der Waals surface area (Å²) in [7, 11) is 0. The lowest BCUT2D eigenvalue weighted by Crippen LogP contribution is -1.99. The second kappa shape index (κ2) is 9.09. The standard InChI is InChI=1S/C21H21ClF2N2O/c1-2-3-4-5-6-9-27-15-7-8-18(23)16(11-15)19-17(22)10-14-12-25-13-26-21(14)20(19)24/h7-8,10-13H,2-6,9H2,1H3. The van der Waals surface area contributed by atoms with Gasteiger partial charge in [0, 0.05) is 22.7 Å². The molecule has 0 saturated heterocycles. The van der Waals surface area contributed by atoms with Gasteiger partial charge in [0.1, 0.15) is 23.4 Å². The molecule has 0 bridgehead atoms. The average Bonchev–Trinajstić information content (AvgIpc) is 2.66. The minimum absolute atomic E-state index is 0.0197. The van der Waals surface area contributed by atoms with Crippen LogP contribution in [0.25, 0.3) is 22.0 Å². The molecule has 0 N–H and O–H groups in total. The second-order valence-electron chi connectivity index (χ2n) is 6.41. The monoisotopic (exact) mass is 390 g/mol. The van der Waals surface area contributed by atoms with Crippen LogP contribution in [0, 0.1) is 11.6 Å². The molecule has 0 spiro atoms. The SMILES string of the molecule is CCCCCCCOc1ccc(F)c(-c2c(Cl)cc3cncnc3c2F)c1. The van der Waals surface area contributed by atoms with Gasteiger partial charge in [0.05, 0.1) is 11.6 Å². The van der Waals surface area contributed by atoms with Gasteiger partial charge in [0.2, 0.25) is 0 Å². The van der Waals surface area contributed by atoms with E-state index in [1.54, 1.807) is 6.07 Å². The maximum atomic E-state index is 15.0. The van der Waals surface area contributed by atoms with Gasteiger partial charge in [0.15, 0.2) is 5.82 Å². The van der Waals surface area contributed by atoms with Gasteiger partial charge in [-0.05, 0) is 30.7 Å². The van der Waals surface area contributed by atoms with Crippen LogP contribution in [-0.4, -0.2) is 16.6 Å². The number of unbranched alkanes of at least 4 members (excludes halogenated alkanes) is 4. The van der Waals surface area contributed by atoms with E-state index in [2.05, 4.69) is 16.9 Å². The second-order valence-corrected chi connectivity index (χ2v) is 6.82. The summed E-state index contributed by atoms with van der Waals surface area (Å²) >= 11 is 6.24. The molecule has 142 valence electrons. The maximum Gasteiger partial charge on any atom is 0.158 e. The van der Waals surface area contributed by atoms with Crippen molar-refractivity contribution < 1.29 is 13.5 Å². The van der Waals surface area contributed by atoms with Crippen molar-refractivity contribution in [1.29, 1.82) is 0 Å². The Bertz CT molecular complexity index is 933. The van der Waals surface area contributed by atoms with Crippen molar-refractivity contribution in [2.24, 2.45) is 0 Å². The molecule has 0 unspecified atom stereocenters. The summed E-state index contributed by atoms with van der Waals surface area (Å²) in [6, 6.07) is 5.83. The number of nitrogens with zero attached hydrogens (tertiary/aromatic N) is 2. The molecule has 1 heterocycles. The summed E-state index contributed by atoms with van der Waals surface area (Å²) in [6.45, 7) is 2.70. The Hall–Kier alpha value is -2.27. The highest BCUT2D eigenvalue weighted by Crippen LogP contribution is 2.37. The third-order valence-corrected chi connectivity index (χ3v) is 4.71. The molecular weight excluding hydrogens is 370 g/mol. The largest absolute Gasteiger partial charge is 0.494 e. The first-order valence-corrected chi connectivity index (χ1v) is 9.50. The fourth-order valence-corrected chi connectivity index (χ4v) is 3.29.